The largest absolute Gasteiger partial charge is 0.327 e. The van der Waals surface area contributed by atoms with Crippen molar-refractivity contribution >= 4 is 32.1 Å². The number of pyridine rings is 1. The summed E-state index contributed by atoms with van der Waals surface area (Å²) in [5.41, 5.74) is 4.01. The quantitative estimate of drug-likeness (QED) is 0.450. The van der Waals surface area contributed by atoms with E-state index >= 15 is 0 Å². The van der Waals surface area contributed by atoms with Gasteiger partial charge in [-0.15, -0.1) is 0 Å². The van der Waals surface area contributed by atoms with Crippen molar-refractivity contribution in [3.05, 3.63) is 66.1 Å². The lowest BCUT2D eigenvalue weighted by molar-refractivity contribution is 0.283. The molecule has 2 aromatic carbocycles. The van der Waals surface area contributed by atoms with E-state index in [-0.39, 0.29) is 10.3 Å². The number of aryl methyl sites for hydroxylation is 2. The normalized spacial score (nSPS) is 12.7. The predicted octanol–water partition coefficient (Wildman–Crippen LogP) is 4.80. The van der Waals surface area contributed by atoms with Crippen molar-refractivity contribution in [3.8, 4) is 0 Å². The van der Waals surface area contributed by atoms with Gasteiger partial charge in [0, 0.05) is 11.9 Å². The van der Waals surface area contributed by atoms with E-state index in [0.717, 1.165) is 52.7 Å². The minimum atomic E-state index is -4.16. The summed E-state index contributed by atoms with van der Waals surface area (Å²) in [6, 6.07) is 14.5. The SMILES string of the molecule is Cc1nc2cnc3ccccc3c2n1CC(C)(C)CCc1ccc(S(=O)(=O)O)cc1. The Morgan fingerprint density at radius 1 is 1.03 bits per heavy atom. The molecule has 0 bridgehead atoms. The molecule has 0 radical (unpaired) electrons. The van der Waals surface area contributed by atoms with Gasteiger partial charge in [0.1, 0.15) is 11.3 Å². The summed E-state index contributed by atoms with van der Waals surface area (Å²) in [5, 5.41) is 1.10. The second kappa shape index (κ2) is 7.49. The van der Waals surface area contributed by atoms with Gasteiger partial charge in [-0.25, -0.2) is 4.98 Å². The average molecular weight is 424 g/mol. The third kappa shape index (κ3) is 4.08. The summed E-state index contributed by atoms with van der Waals surface area (Å²) in [6.45, 7) is 7.30. The van der Waals surface area contributed by atoms with Crippen LogP contribution in [0.2, 0.25) is 0 Å². The number of para-hydroxylation sites is 1. The molecule has 7 heteroatoms. The summed E-state index contributed by atoms with van der Waals surface area (Å²) in [6.07, 6.45) is 3.57. The van der Waals surface area contributed by atoms with E-state index in [1.807, 2.05) is 31.3 Å². The van der Waals surface area contributed by atoms with Crippen LogP contribution in [0.15, 0.2) is 59.6 Å². The lowest BCUT2D eigenvalue weighted by atomic mass is 9.86. The van der Waals surface area contributed by atoms with Crippen LogP contribution in [-0.2, 0) is 23.1 Å². The van der Waals surface area contributed by atoms with Gasteiger partial charge < -0.3 is 4.57 Å². The van der Waals surface area contributed by atoms with Gasteiger partial charge in [0.2, 0.25) is 0 Å². The van der Waals surface area contributed by atoms with E-state index in [1.165, 1.54) is 12.1 Å². The lowest BCUT2D eigenvalue weighted by Gasteiger charge is -2.26. The molecule has 4 aromatic rings. The number of imidazole rings is 1. The second-order valence-corrected chi connectivity index (χ2v) is 9.96. The fourth-order valence-corrected chi connectivity index (χ4v) is 4.37. The molecule has 0 saturated carbocycles. The van der Waals surface area contributed by atoms with Gasteiger partial charge in [-0.2, -0.15) is 8.42 Å². The highest BCUT2D eigenvalue weighted by molar-refractivity contribution is 7.85. The zero-order valence-corrected chi connectivity index (χ0v) is 18.1. The van der Waals surface area contributed by atoms with Crippen molar-refractivity contribution in [2.45, 2.75) is 45.1 Å². The number of hydrogen-bond acceptors (Lipinski definition) is 4. The van der Waals surface area contributed by atoms with Crippen LogP contribution in [0.3, 0.4) is 0 Å². The standard InChI is InChI=1S/C23H25N3O3S/c1-16-25-21-14-24-20-7-5-4-6-19(20)22(21)26(16)15-23(2,3)13-12-17-8-10-18(11-9-17)30(27,28)29/h4-11,14H,12-13,15H2,1-3H3,(H,27,28,29). The van der Waals surface area contributed by atoms with Crippen LogP contribution in [0.1, 0.15) is 31.7 Å². The fraction of sp³-hybridized carbons (Fsp3) is 0.304. The highest BCUT2D eigenvalue weighted by atomic mass is 32.2. The lowest BCUT2D eigenvalue weighted by Crippen LogP contribution is -2.21. The van der Waals surface area contributed by atoms with Gasteiger partial charge in [-0.3, -0.25) is 9.54 Å². The van der Waals surface area contributed by atoms with Crippen LogP contribution in [0.25, 0.3) is 21.9 Å². The van der Waals surface area contributed by atoms with Gasteiger partial charge in [0.05, 0.1) is 22.1 Å². The molecular weight excluding hydrogens is 398 g/mol. The molecular formula is C23H25N3O3S. The number of rotatable bonds is 6. The van der Waals surface area contributed by atoms with E-state index in [4.69, 9.17) is 9.54 Å². The van der Waals surface area contributed by atoms with Crippen LogP contribution in [0.4, 0.5) is 0 Å². The smallest absolute Gasteiger partial charge is 0.294 e. The molecule has 0 aliphatic rings. The molecule has 1 N–H and O–H groups in total. The van der Waals surface area contributed by atoms with Gasteiger partial charge >= 0.3 is 0 Å². The summed E-state index contributed by atoms with van der Waals surface area (Å²) in [4.78, 5) is 9.17. The van der Waals surface area contributed by atoms with Gasteiger partial charge in [0.25, 0.3) is 10.1 Å². The monoisotopic (exact) mass is 423 g/mol. The first-order valence-electron chi connectivity index (χ1n) is 9.91. The van der Waals surface area contributed by atoms with E-state index in [9.17, 15) is 8.42 Å². The molecule has 0 aliphatic heterocycles. The summed E-state index contributed by atoms with van der Waals surface area (Å²) in [7, 11) is -4.16. The van der Waals surface area contributed by atoms with Crippen LogP contribution < -0.4 is 0 Å². The predicted molar refractivity (Wildman–Crippen MR) is 118 cm³/mol. The Bertz CT molecular complexity index is 1320. The number of benzene rings is 2. The number of aromatic nitrogens is 3. The Balaban J connectivity index is 1.58. The second-order valence-electron chi connectivity index (χ2n) is 8.54. The van der Waals surface area contributed by atoms with Crippen molar-refractivity contribution in [3.63, 3.8) is 0 Å². The minimum absolute atomic E-state index is 0.00943. The van der Waals surface area contributed by atoms with Crippen molar-refractivity contribution < 1.29 is 13.0 Å². The maximum absolute atomic E-state index is 11.2. The Hall–Kier alpha value is -2.77. The van der Waals surface area contributed by atoms with E-state index in [0.29, 0.717) is 0 Å². The number of nitrogens with zero attached hydrogens (tertiary/aromatic N) is 3. The third-order valence-electron chi connectivity index (χ3n) is 5.57. The molecule has 2 aromatic heterocycles. The Morgan fingerprint density at radius 2 is 1.73 bits per heavy atom. The Kier molecular flexibility index (Phi) is 5.11. The van der Waals surface area contributed by atoms with Crippen molar-refractivity contribution in [2.24, 2.45) is 5.41 Å². The topological polar surface area (TPSA) is 85.1 Å². The van der Waals surface area contributed by atoms with Crippen LogP contribution in [0, 0.1) is 12.3 Å². The van der Waals surface area contributed by atoms with Gasteiger partial charge in [0.15, 0.2) is 0 Å². The first-order valence-corrected chi connectivity index (χ1v) is 11.4. The van der Waals surface area contributed by atoms with E-state index < -0.39 is 10.1 Å². The molecule has 0 atom stereocenters. The van der Waals surface area contributed by atoms with Gasteiger partial charge in [-0.05, 0) is 48.9 Å². The molecule has 2 heterocycles. The molecule has 0 spiro atoms. The first kappa shape index (κ1) is 20.5. The van der Waals surface area contributed by atoms with Crippen molar-refractivity contribution in [1.82, 2.24) is 14.5 Å². The zero-order valence-electron chi connectivity index (χ0n) is 17.3. The Labute approximate surface area is 176 Å². The average Bonchev–Trinajstić information content (AvgIpc) is 3.01. The first-order chi connectivity index (χ1) is 14.1. The molecule has 156 valence electrons. The Morgan fingerprint density at radius 3 is 2.43 bits per heavy atom. The summed E-state index contributed by atoms with van der Waals surface area (Å²) >= 11 is 0. The molecule has 4 rings (SSSR count). The molecule has 0 unspecified atom stereocenters. The van der Waals surface area contributed by atoms with E-state index in [1.54, 1.807) is 12.1 Å². The van der Waals surface area contributed by atoms with E-state index in [2.05, 4.69) is 29.5 Å². The number of hydrogen-bond donors (Lipinski definition) is 1. The highest BCUT2D eigenvalue weighted by Gasteiger charge is 2.22. The summed E-state index contributed by atoms with van der Waals surface area (Å²) < 4.78 is 33.8. The fourth-order valence-electron chi connectivity index (χ4n) is 3.89. The van der Waals surface area contributed by atoms with Crippen LogP contribution in [-0.4, -0.2) is 27.5 Å². The maximum Gasteiger partial charge on any atom is 0.294 e. The molecule has 6 nitrogen and oxygen atoms in total. The summed E-state index contributed by atoms with van der Waals surface area (Å²) in [5.74, 6) is 0.966. The van der Waals surface area contributed by atoms with Gasteiger partial charge in [-0.1, -0.05) is 44.2 Å². The van der Waals surface area contributed by atoms with Crippen molar-refractivity contribution in [2.75, 3.05) is 0 Å². The molecule has 0 amide bonds. The number of fused-ring (bicyclic) bond motifs is 3. The zero-order chi connectivity index (χ0) is 21.5. The maximum atomic E-state index is 11.2. The third-order valence-corrected chi connectivity index (χ3v) is 6.44. The molecule has 0 saturated heterocycles. The highest BCUT2D eigenvalue weighted by Crippen LogP contribution is 2.31. The van der Waals surface area contributed by atoms with Crippen molar-refractivity contribution in [1.29, 1.82) is 0 Å². The molecule has 0 fully saturated rings. The minimum Gasteiger partial charge on any atom is -0.327 e. The molecule has 0 aliphatic carbocycles. The van der Waals surface area contributed by atoms with Crippen LogP contribution >= 0.6 is 0 Å². The van der Waals surface area contributed by atoms with Crippen LogP contribution in [0.5, 0.6) is 0 Å². The molecule has 30 heavy (non-hydrogen) atoms.